The van der Waals surface area contributed by atoms with Crippen LogP contribution in [-0.2, 0) is 16.1 Å². The lowest BCUT2D eigenvalue weighted by Crippen LogP contribution is -2.44. The maximum absolute atomic E-state index is 12.1. The highest BCUT2D eigenvalue weighted by Gasteiger charge is 2.19. The lowest BCUT2D eigenvalue weighted by atomic mass is 10.1. The van der Waals surface area contributed by atoms with E-state index in [1.54, 1.807) is 7.11 Å². The van der Waals surface area contributed by atoms with E-state index in [0.29, 0.717) is 32.3 Å². The van der Waals surface area contributed by atoms with Crippen molar-refractivity contribution in [3.63, 3.8) is 0 Å². The predicted octanol–water partition coefficient (Wildman–Crippen LogP) is 2.01. The van der Waals surface area contributed by atoms with E-state index in [2.05, 4.69) is 10.6 Å². The van der Waals surface area contributed by atoms with Crippen molar-refractivity contribution in [1.82, 2.24) is 10.6 Å². The van der Waals surface area contributed by atoms with Crippen LogP contribution < -0.4 is 20.1 Å². The number of hydrogen-bond donors (Lipinski definition) is 2. The van der Waals surface area contributed by atoms with Crippen molar-refractivity contribution in [3.8, 4) is 11.5 Å². The number of carbonyl (C=O) groups excluding carboxylic acids is 1. The molecule has 3 rings (SSSR count). The zero-order valence-electron chi connectivity index (χ0n) is 14.9. The Hall–Kier alpha value is -1.79. The first kappa shape index (κ1) is 18.0. The molecule has 138 valence electrons. The first-order chi connectivity index (χ1) is 12.2. The minimum absolute atomic E-state index is 0.0215. The molecular formula is C19H28N2O4. The zero-order chi connectivity index (χ0) is 17.5. The molecule has 1 aliphatic heterocycles. The lowest BCUT2D eigenvalue weighted by molar-refractivity contribution is -0.122. The Morgan fingerprint density at radius 3 is 2.88 bits per heavy atom. The molecule has 1 amide bonds. The number of carbonyl (C=O) groups is 1. The third-order valence-electron chi connectivity index (χ3n) is 4.74. The highest BCUT2D eigenvalue weighted by molar-refractivity contribution is 5.76. The molecule has 0 bridgehead atoms. The van der Waals surface area contributed by atoms with E-state index >= 15 is 0 Å². The summed E-state index contributed by atoms with van der Waals surface area (Å²) in [5, 5.41) is 6.25. The summed E-state index contributed by atoms with van der Waals surface area (Å²) in [7, 11) is 1.65. The van der Waals surface area contributed by atoms with Crippen molar-refractivity contribution >= 4 is 5.91 Å². The largest absolute Gasteiger partial charge is 0.493 e. The molecule has 6 nitrogen and oxygen atoms in total. The zero-order valence-corrected chi connectivity index (χ0v) is 14.9. The summed E-state index contributed by atoms with van der Waals surface area (Å²) in [6.45, 7) is 2.59. The highest BCUT2D eigenvalue weighted by atomic mass is 16.5. The van der Waals surface area contributed by atoms with E-state index in [0.717, 1.165) is 36.4 Å². The topological polar surface area (TPSA) is 68.8 Å². The number of rotatable bonds is 7. The number of benzene rings is 1. The van der Waals surface area contributed by atoms with Crippen LogP contribution in [-0.4, -0.2) is 44.9 Å². The first-order valence-corrected chi connectivity index (χ1v) is 9.16. The second-order valence-electron chi connectivity index (χ2n) is 6.72. The van der Waals surface area contributed by atoms with Gasteiger partial charge in [-0.25, -0.2) is 0 Å². The van der Waals surface area contributed by atoms with Crippen LogP contribution in [0.5, 0.6) is 11.5 Å². The molecule has 1 unspecified atom stereocenters. The fraction of sp³-hybridized carbons (Fsp3) is 0.632. The average Bonchev–Trinajstić information content (AvgIpc) is 3.15. The molecule has 1 aliphatic carbocycles. The average molecular weight is 348 g/mol. The van der Waals surface area contributed by atoms with Gasteiger partial charge in [-0.1, -0.05) is 6.07 Å². The molecule has 1 heterocycles. The molecule has 2 aliphatic rings. The third-order valence-corrected chi connectivity index (χ3v) is 4.74. The SMILES string of the molecule is COc1cc(CNC(=O)CC2COCCN2)ccc1OC1CCCC1. The van der Waals surface area contributed by atoms with Crippen LogP contribution in [0.2, 0.25) is 0 Å². The van der Waals surface area contributed by atoms with Gasteiger partial charge in [0.1, 0.15) is 0 Å². The Kier molecular flexibility index (Phi) is 6.53. The summed E-state index contributed by atoms with van der Waals surface area (Å²) in [5.74, 6) is 1.53. The van der Waals surface area contributed by atoms with Crippen molar-refractivity contribution in [3.05, 3.63) is 23.8 Å². The van der Waals surface area contributed by atoms with Gasteiger partial charge in [0, 0.05) is 25.6 Å². The predicted molar refractivity (Wildman–Crippen MR) is 95.0 cm³/mol. The van der Waals surface area contributed by atoms with Crippen LogP contribution in [0.25, 0.3) is 0 Å². The summed E-state index contributed by atoms with van der Waals surface area (Å²) in [6.07, 6.45) is 5.42. The number of hydrogen-bond acceptors (Lipinski definition) is 5. The van der Waals surface area contributed by atoms with E-state index < -0.39 is 0 Å². The minimum atomic E-state index is 0.0215. The molecule has 1 aromatic rings. The van der Waals surface area contributed by atoms with Crippen LogP contribution in [0.1, 0.15) is 37.7 Å². The summed E-state index contributed by atoms with van der Waals surface area (Å²) >= 11 is 0. The van der Waals surface area contributed by atoms with Crippen LogP contribution in [0.15, 0.2) is 18.2 Å². The Balaban J connectivity index is 1.50. The third kappa shape index (κ3) is 5.34. The minimum Gasteiger partial charge on any atom is -0.493 e. The molecule has 1 atom stereocenters. The Morgan fingerprint density at radius 2 is 2.16 bits per heavy atom. The molecule has 25 heavy (non-hydrogen) atoms. The number of ether oxygens (including phenoxy) is 3. The molecule has 6 heteroatoms. The fourth-order valence-electron chi connectivity index (χ4n) is 3.35. The summed E-state index contributed by atoms with van der Waals surface area (Å²) in [5.41, 5.74) is 0.997. The number of methoxy groups -OCH3 is 1. The molecule has 0 spiro atoms. The summed E-state index contributed by atoms with van der Waals surface area (Å²) in [6, 6.07) is 5.96. The molecule has 1 saturated carbocycles. The summed E-state index contributed by atoms with van der Waals surface area (Å²) in [4.78, 5) is 12.1. The second-order valence-corrected chi connectivity index (χ2v) is 6.72. The maximum atomic E-state index is 12.1. The number of nitrogens with one attached hydrogen (secondary N) is 2. The lowest BCUT2D eigenvalue weighted by Gasteiger charge is -2.23. The Labute approximate surface area is 149 Å². The molecular weight excluding hydrogens is 320 g/mol. The van der Waals surface area contributed by atoms with Crippen molar-refractivity contribution < 1.29 is 19.0 Å². The maximum Gasteiger partial charge on any atom is 0.221 e. The normalized spacial score (nSPS) is 21.1. The first-order valence-electron chi connectivity index (χ1n) is 9.16. The van der Waals surface area contributed by atoms with Crippen molar-refractivity contribution in [2.24, 2.45) is 0 Å². The Morgan fingerprint density at radius 1 is 1.32 bits per heavy atom. The molecule has 0 radical (unpaired) electrons. The number of amides is 1. The summed E-state index contributed by atoms with van der Waals surface area (Å²) < 4.78 is 16.9. The van der Waals surface area contributed by atoms with Gasteiger partial charge in [0.15, 0.2) is 11.5 Å². The molecule has 1 aromatic carbocycles. The van der Waals surface area contributed by atoms with Gasteiger partial charge in [0.2, 0.25) is 5.91 Å². The van der Waals surface area contributed by atoms with Crippen LogP contribution >= 0.6 is 0 Å². The molecule has 2 fully saturated rings. The van der Waals surface area contributed by atoms with Crippen LogP contribution in [0, 0.1) is 0 Å². The fourth-order valence-corrected chi connectivity index (χ4v) is 3.35. The molecule has 0 aromatic heterocycles. The highest BCUT2D eigenvalue weighted by Crippen LogP contribution is 2.32. The van der Waals surface area contributed by atoms with E-state index in [1.807, 2.05) is 18.2 Å². The van der Waals surface area contributed by atoms with Crippen LogP contribution in [0.3, 0.4) is 0 Å². The van der Waals surface area contributed by atoms with E-state index in [9.17, 15) is 4.79 Å². The van der Waals surface area contributed by atoms with Gasteiger partial charge in [-0.15, -0.1) is 0 Å². The van der Waals surface area contributed by atoms with E-state index in [-0.39, 0.29) is 11.9 Å². The molecule has 1 saturated heterocycles. The second kappa shape index (κ2) is 9.06. The monoisotopic (exact) mass is 348 g/mol. The van der Waals surface area contributed by atoms with Gasteiger partial charge in [0.25, 0.3) is 0 Å². The van der Waals surface area contributed by atoms with Crippen molar-refractivity contribution in [1.29, 1.82) is 0 Å². The standard InChI is InChI=1S/C19H28N2O4/c1-23-18-10-14(6-7-17(18)25-16-4-2-3-5-16)12-21-19(22)11-15-13-24-9-8-20-15/h6-7,10,15-16,20H,2-5,8-9,11-13H2,1H3,(H,21,22). The van der Waals surface area contributed by atoms with Crippen molar-refractivity contribution in [2.75, 3.05) is 26.9 Å². The van der Waals surface area contributed by atoms with Crippen molar-refractivity contribution in [2.45, 2.75) is 50.8 Å². The smallest absolute Gasteiger partial charge is 0.221 e. The van der Waals surface area contributed by atoms with E-state index in [4.69, 9.17) is 14.2 Å². The van der Waals surface area contributed by atoms with Gasteiger partial charge >= 0.3 is 0 Å². The Bertz CT molecular complexity index is 567. The van der Waals surface area contributed by atoms with Gasteiger partial charge in [-0.3, -0.25) is 4.79 Å². The van der Waals surface area contributed by atoms with E-state index in [1.165, 1.54) is 12.8 Å². The van der Waals surface area contributed by atoms with Crippen LogP contribution in [0.4, 0.5) is 0 Å². The molecule has 2 N–H and O–H groups in total. The quantitative estimate of drug-likeness (QED) is 0.789. The number of morpholine rings is 1. The van der Waals surface area contributed by atoms with Gasteiger partial charge in [-0.2, -0.15) is 0 Å². The van der Waals surface area contributed by atoms with Gasteiger partial charge in [0.05, 0.1) is 26.4 Å². The van der Waals surface area contributed by atoms with Gasteiger partial charge in [-0.05, 0) is 43.4 Å². The van der Waals surface area contributed by atoms with Gasteiger partial charge < -0.3 is 24.8 Å².